The topological polar surface area (TPSA) is 82.4 Å². The van der Waals surface area contributed by atoms with E-state index in [-0.39, 0.29) is 6.61 Å². The Labute approximate surface area is 118 Å². The van der Waals surface area contributed by atoms with Crippen molar-refractivity contribution in [3.63, 3.8) is 0 Å². The largest absolute Gasteiger partial charge is 0.493 e. The van der Waals surface area contributed by atoms with Crippen LogP contribution in [-0.2, 0) is 0 Å². The minimum atomic E-state index is -0.983. The van der Waals surface area contributed by atoms with Gasteiger partial charge in [-0.3, -0.25) is 4.90 Å². The second-order valence-electron chi connectivity index (χ2n) is 4.96. The van der Waals surface area contributed by atoms with Gasteiger partial charge in [0.2, 0.25) is 0 Å². The Morgan fingerprint density at radius 1 is 1.10 bits per heavy atom. The summed E-state index contributed by atoms with van der Waals surface area (Å²) in [6.45, 7) is -0.210. The molecule has 0 radical (unpaired) electrons. The van der Waals surface area contributed by atoms with Gasteiger partial charge >= 0.3 is 0 Å². The number of hydrogen-bond donors (Lipinski definition) is 3. The number of aliphatic hydroxyl groups excluding tert-OH is 3. The third-order valence-electron chi connectivity index (χ3n) is 3.97. The SMILES string of the molecule is COc1ccc([C@H]2[C@H](O)[C@H](O)[C@H](CO)N2C)cc1OC. The van der Waals surface area contributed by atoms with Gasteiger partial charge in [-0.2, -0.15) is 0 Å². The fraction of sp³-hybridized carbons (Fsp3) is 0.571. The quantitative estimate of drug-likeness (QED) is 0.708. The van der Waals surface area contributed by atoms with E-state index in [1.54, 1.807) is 38.3 Å². The van der Waals surface area contributed by atoms with Gasteiger partial charge < -0.3 is 24.8 Å². The van der Waals surface area contributed by atoms with Gasteiger partial charge in [0, 0.05) is 0 Å². The van der Waals surface area contributed by atoms with Gasteiger partial charge in [-0.05, 0) is 24.7 Å². The van der Waals surface area contributed by atoms with Crippen LogP contribution in [0.5, 0.6) is 11.5 Å². The lowest BCUT2D eigenvalue weighted by molar-refractivity contribution is 0.0184. The van der Waals surface area contributed by atoms with E-state index in [2.05, 4.69) is 0 Å². The third kappa shape index (κ3) is 2.35. The van der Waals surface area contributed by atoms with Crippen LogP contribution in [0.1, 0.15) is 11.6 Å². The molecule has 6 nitrogen and oxygen atoms in total. The van der Waals surface area contributed by atoms with Crippen molar-refractivity contribution in [3.05, 3.63) is 23.8 Å². The predicted molar refractivity (Wildman–Crippen MR) is 72.9 cm³/mol. The molecule has 1 aliphatic rings. The number of likely N-dealkylation sites (tertiary alicyclic amines) is 1. The zero-order valence-electron chi connectivity index (χ0n) is 11.9. The molecule has 0 bridgehead atoms. The van der Waals surface area contributed by atoms with Crippen molar-refractivity contribution in [2.75, 3.05) is 27.9 Å². The maximum atomic E-state index is 10.2. The van der Waals surface area contributed by atoms with E-state index in [9.17, 15) is 15.3 Å². The van der Waals surface area contributed by atoms with Crippen molar-refractivity contribution in [3.8, 4) is 11.5 Å². The molecule has 0 amide bonds. The molecule has 1 heterocycles. The van der Waals surface area contributed by atoms with Crippen molar-refractivity contribution in [2.24, 2.45) is 0 Å². The molecule has 20 heavy (non-hydrogen) atoms. The van der Waals surface area contributed by atoms with E-state index in [1.165, 1.54) is 0 Å². The number of methoxy groups -OCH3 is 2. The van der Waals surface area contributed by atoms with Crippen molar-refractivity contribution < 1.29 is 24.8 Å². The van der Waals surface area contributed by atoms with Crippen molar-refractivity contribution >= 4 is 0 Å². The summed E-state index contributed by atoms with van der Waals surface area (Å²) in [5, 5.41) is 29.5. The van der Waals surface area contributed by atoms with Crippen LogP contribution in [0.25, 0.3) is 0 Å². The molecule has 0 aliphatic carbocycles. The van der Waals surface area contributed by atoms with Crippen LogP contribution in [0.2, 0.25) is 0 Å². The van der Waals surface area contributed by atoms with Crippen molar-refractivity contribution in [1.82, 2.24) is 4.90 Å². The molecule has 0 unspecified atom stereocenters. The van der Waals surface area contributed by atoms with Gasteiger partial charge in [0.25, 0.3) is 0 Å². The van der Waals surface area contributed by atoms with E-state index in [1.807, 2.05) is 6.07 Å². The Kier molecular flexibility index (Phi) is 4.49. The van der Waals surface area contributed by atoms with E-state index >= 15 is 0 Å². The Morgan fingerprint density at radius 2 is 1.75 bits per heavy atom. The molecule has 1 saturated heterocycles. The Bertz CT molecular complexity index is 467. The predicted octanol–water partition coefficient (Wildman–Crippen LogP) is -0.227. The Morgan fingerprint density at radius 3 is 2.25 bits per heavy atom. The fourth-order valence-corrected chi connectivity index (χ4v) is 2.81. The maximum Gasteiger partial charge on any atom is 0.161 e. The first-order valence-electron chi connectivity index (χ1n) is 6.46. The highest BCUT2D eigenvalue weighted by Crippen LogP contribution is 2.38. The highest BCUT2D eigenvalue weighted by molar-refractivity contribution is 5.44. The molecular weight excluding hydrogens is 262 g/mol. The van der Waals surface area contributed by atoms with Crippen molar-refractivity contribution in [1.29, 1.82) is 0 Å². The molecule has 1 aromatic carbocycles. The molecule has 2 rings (SSSR count). The van der Waals surface area contributed by atoms with Crippen LogP contribution in [0.15, 0.2) is 18.2 Å². The van der Waals surface area contributed by atoms with Gasteiger partial charge in [-0.15, -0.1) is 0 Å². The van der Waals surface area contributed by atoms with Crippen LogP contribution >= 0.6 is 0 Å². The standard InChI is InChI=1S/C14H21NO5/c1-15-9(7-16)13(17)14(18)12(15)8-4-5-10(19-2)11(6-8)20-3/h4-6,9,12-14,16-18H,7H2,1-3H3/t9-,12-,13+,14-/m0/s1. The van der Waals surface area contributed by atoms with Crippen LogP contribution in [0, 0.1) is 0 Å². The molecule has 6 heteroatoms. The highest BCUT2D eigenvalue weighted by Gasteiger charge is 2.46. The van der Waals surface area contributed by atoms with E-state index in [0.29, 0.717) is 11.5 Å². The molecule has 0 saturated carbocycles. The normalized spacial score (nSPS) is 30.5. The fourth-order valence-electron chi connectivity index (χ4n) is 2.81. The average Bonchev–Trinajstić information content (AvgIpc) is 2.68. The first kappa shape index (κ1) is 15.1. The summed E-state index contributed by atoms with van der Waals surface area (Å²) in [5.41, 5.74) is 0.799. The van der Waals surface area contributed by atoms with Crippen LogP contribution in [-0.4, -0.2) is 66.3 Å². The molecule has 3 N–H and O–H groups in total. The number of benzene rings is 1. The number of nitrogens with zero attached hydrogens (tertiary/aromatic N) is 1. The van der Waals surface area contributed by atoms with Crippen molar-refractivity contribution in [2.45, 2.75) is 24.3 Å². The maximum absolute atomic E-state index is 10.2. The molecule has 1 aliphatic heterocycles. The van der Waals surface area contributed by atoms with Gasteiger partial charge in [-0.1, -0.05) is 6.07 Å². The highest BCUT2D eigenvalue weighted by atomic mass is 16.5. The number of ether oxygens (including phenoxy) is 2. The Hall–Kier alpha value is -1.34. The van der Waals surface area contributed by atoms with E-state index in [0.717, 1.165) is 5.56 Å². The Balaban J connectivity index is 2.36. The molecule has 4 atom stereocenters. The summed E-state index contributed by atoms with van der Waals surface area (Å²) >= 11 is 0. The first-order valence-corrected chi connectivity index (χ1v) is 6.46. The molecular formula is C14H21NO5. The van der Waals surface area contributed by atoms with Crippen LogP contribution < -0.4 is 9.47 Å². The first-order chi connectivity index (χ1) is 9.54. The molecule has 1 fully saturated rings. The van der Waals surface area contributed by atoms with Gasteiger partial charge in [0.15, 0.2) is 11.5 Å². The van der Waals surface area contributed by atoms with E-state index < -0.39 is 24.3 Å². The lowest BCUT2D eigenvalue weighted by atomic mass is 10.0. The summed E-state index contributed by atoms with van der Waals surface area (Å²) in [6, 6.07) is 4.46. The summed E-state index contributed by atoms with van der Waals surface area (Å²) in [4.78, 5) is 1.77. The zero-order valence-corrected chi connectivity index (χ0v) is 11.9. The third-order valence-corrected chi connectivity index (χ3v) is 3.97. The second kappa shape index (κ2) is 5.97. The molecule has 0 aromatic heterocycles. The smallest absolute Gasteiger partial charge is 0.161 e. The van der Waals surface area contributed by atoms with Gasteiger partial charge in [-0.25, -0.2) is 0 Å². The monoisotopic (exact) mass is 283 g/mol. The summed E-state index contributed by atoms with van der Waals surface area (Å²) in [5.74, 6) is 1.16. The number of likely N-dealkylation sites (N-methyl/N-ethyl adjacent to an activating group) is 1. The number of hydrogen-bond acceptors (Lipinski definition) is 6. The minimum absolute atomic E-state index is 0.210. The lowest BCUT2D eigenvalue weighted by Crippen LogP contribution is -2.37. The van der Waals surface area contributed by atoms with Crippen LogP contribution in [0.3, 0.4) is 0 Å². The summed E-state index contributed by atoms with van der Waals surface area (Å²) < 4.78 is 10.4. The summed E-state index contributed by atoms with van der Waals surface area (Å²) in [6.07, 6.45) is -1.95. The molecule has 112 valence electrons. The lowest BCUT2D eigenvalue weighted by Gasteiger charge is -2.25. The van der Waals surface area contributed by atoms with Crippen LogP contribution in [0.4, 0.5) is 0 Å². The molecule has 0 spiro atoms. The van der Waals surface area contributed by atoms with Gasteiger partial charge in [0.1, 0.15) is 6.10 Å². The summed E-state index contributed by atoms with van der Waals surface area (Å²) in [7, 11) is 4.86. The van der Waals surface area contributed by atoms with E-state index in [4.69, 9.17) is 9.47 Å². The average molecular weight is 283 g/mol. The minimum Gasteiger partial charge on any atom is -0.493 e. The number of rotatable bonds is 4. The van der Waals surface area contributed by atoms with Gasteiger partial charge in [0.05, 0.1) is 39.0 Å². The number of aliphatic hydroxyl groups is 3. The molecule has 1 aromatic rings. The zero-order chi connectivity index (χ0) is 14.9. The second-order valence-corrected chi connectivity index (χ2v) is 4.96.